The molecule has 0 saturated carbocycles. The molecule has 5 heteroatoms. The highest BCUT2D eigenvalue weighted by molar-refractivity contribution is 5.70. The summed E-state index contributed by atoms with van der Waals surface area (Å²) < 4.78 is 4.70. The molecule has 0 heterocycles. The molecule has 1 rings (SSSR count). The first kappa shape index (κ1) is 15.2. The van der Waals surface area contributed by atoms with Gasteiger partial charge >= 0.3 is 5.97 Å². The number of ether oxygens (including phenoxy) is 1. The molecule has 5 nitrogen and oxygen atoms in total. The largest absolute Gasteiger partial charge is 0.466 e. The number of carbonyl (C=O) groups is 1. The van der Waals surface area contributed by atoms with Crippen molar-refractivity contribution in [2.75, 3.05) is 6.61 Å². The van der Waals surface area contributed by atoms with Gasteiger partial charge in [0.2, 0.25) is 0 Å². The number of rotatable bonds is 5. The van der Waals surface area contributed by atoms with Crippen LogP contribution in [0, 0.1) is 18.3 Å². The Morgan fingerprint density at radius 3 is 2.74 bits per heavy atom. The monoisotopic (exact) mass is 263 g/mol. The molecule has 2 atom stereocenters. The van der Waals surface area contributed by atoms with Crippen LogP contribution in [0.15, 0.2) is 18.2 Å². The zero-order valence-electron chi connectivity index (χ0n) is 11.0. The fraction of sp³-hybridized carbons (Fsp3) is 0.429. The summed E-state index contributed by atoms with van der Waals surface area (Å²) in [5.41, 5.74) is 1.46. The van der Waals surface area contributed by atoms with Gasteiger partial charge in [-0.2, -0.15) is 5.26 Å². The van der Waals surface area contributed by atoms with Gasteiger partial charge in [0.1, 0.15) is 6.10 Å². The molecule has 1 aromatic carbocycles. The van der Waals surface area contributed by atoms with Gasteiger partial charge in [-0.15, -0.1) is 0 Å². The second kappa shape index (κ2) is 6.88. The SMILES string of the molecule is CCOC(=O)CC(O)C(O)c1cc(C)ccc1C#N. The summed E-state index contributed by atoms with van der Waals surface area (Å²) in [5, 5.41) is 28.8. The molecular formula is C14H17NO4. The first-order valence-electron chi connectivity index (χ1n) is 6.02. The van der Waals surface area contributed by atoms with E-state index < -0.39 is 18.2 Å². The van der Waals surface area contributed by atoms with Crippen molar-refractivity contribution < 1.29 is 19.7 Å². The van der Waals surface area contributed by atoms with Crippen LogP contribution in [0.4, 0.5) is 0 Å². The van der Waals surface area contributed by atoms with Crippen LogP contribution in [0.5, 0.6) is 0 Å². The van der Waals surface area contributed by atoms with Gasteiger partial charge in [0.25, 0.3) is 0 Å². The number of nitriles is 1. The number of esters is 1. The summed E-state index contributed by atoms with van der Waals surface area (Å²) in [7, 11) is 0. The Morgan fingerprint density at radius 1 is 1.47 bits per heavy atom. The number of aliphatic hydroxyl groups excluding tert-OH is 2. The fourth-order valence-corrected chi connectivity index (χ4v) is 1.74. The number of carbonyl (C=O) groups excluding carboxylic acids is 1. The van der Waals surface area contributed by atoms with E-state index in [4.69, 9.17) is 10.00 Å². The van der Waals surface area contributed by atoms with E-state index in [1.165, 1.54) is 0 Å². The van der Waals surface area contributed by atoms with E-state index in [1.54, 1.807) is 25.1 Å². The minimum absolute atomic E-state index is 0.218. The highest BCUT2D eigenvalue weighted by Gasteiger charge is 2.24. The van der Waals surface area contributed by atoms with Gasteiger partial charge in [-0.1, -0.05) is 17.7 Å². The van der Waals surface area contributed by atoms with Crippen molar-refractivity contribution in [3.05, 3.63) is 34.9 Å². The quantitative estimate of drug-likeness (QED) is 0.779. The van der Waals surface area contributed by atoms with Crippen molar-refractivity contribution in [2.45, 2.75) is 32.5 Å². The second-order valence-corrected chi connectivity index (χ2v) is 4.22. The summed E-state index contributed by atoms with van der Waals surface area (Å²) in [6.45, 7) is 3.69. The molecule has 0 aliphatic heterocycles. The van der Waals surface area contributed by atoms with Gasteiger partial charge in [-0.05, 0) is 19.9 Å². The lowest BCUT2D eigenvalue weighted by molar-refractivity contribution is -0.147. The first-order valence-corrected chi connectivity index (χ1v) is 6.02. The van der Waals surface area contributed by atoms with Crippen molar-refractivity contribution in [2.24, 2.45) is 0 Å². The molecule has 102 valence electrons. The molecular weight excluding hydrogens is 246 g/mol. The third-order valence-electron chi connectivity index (χ3n) is 2.69. The van der Waals surface area contributed by atoms with Crippen molar-refractivity contribution in [1.82, 2.24) is 0 Å². The maximum atomic E-state index is 11.3. The Hall–Kier alpha value is -1.90. The van der Waals surface area contributed by atoms with Crippen LogP contribution in [0.1, 0.15) is 36.1 Å². The van der Waals surface area contributed by atoms with E-state index in [-0.39, 0.29) is 18.6 Å². The average Bonchev–Trinajstić information content (AvgIpc) is 2.37. The van der Waals surface area contributed by atoms with Crippen LogP contribution in [0.2, 0.25) is 0 Å². The van der Waals surface area contributed by atoms with Crippen LogP contribution in [0.25, 0.3) is 0 Å². The standard InChI is InChI=1S/C14H17NO4/c1-3-19-13(17)7-12(16)14(18)11-6-9(2)4-5-10(11)8-15/h4-6,12,14,16,18H,3,7H2,1-2H3. The Morgan fingerprint density at radius 2 is 2.16 bits per heavy atom. The van der Waals surface area contributed by atoms with Crippen LogP contribution < -0.4 is 0 Å². The van der Waals surface area contributed by atoms with Crippen molar-refractivity contribution >= 4 is 5.97 Å². The molecule has 0 fully saturated rings. The molecule has 0 radical (unpaired) electrons. The van der Waals surface area contributed by atoms with E-state index in [2.05, 4.69) is 0 Å². The Bertz CT molecular complexity index is 493. The smallest absolute Gasteiger partial charge is 0.308 e. The fourth-order valence-electron chi connectivity index (χ4n) is 1.74. The van der Waals surface area contributed by atoms with Crippen molar-refractivity contribution in [3.8, 4) is 6.07 Å². The van der Waals surface area contributed by atoms with Gasteiger partial charge in [-0.25, -0.2) is 0 Å². The lowest BCUT2D eigenvalue weighted by Gasteiger charge is -2.18. The number of benzene rings is 1. The molecule has 0 aliphatic rings. The van der Waals surface area contributed by atoms with Crippen LogP contribution in [0.3, 0.4) is 0 Å². The van der Waals surface area contributed by atoms with Gasteiger partial charge in [0.15, 0.2) is 0 Å². The average molecular weight is 263 g/mol. The van der Waals surface area contributed by atoms with Gasteiger partial charge in [0.05, 0.1) is 30.8 Å². The van der Waals surface area contributed by atoms with Crippen LogP contribution >= 0.6 is 0 Å². The lowest BCUT2D eigenvalue weighted by Crippen LogP contribution is -2.23. The minimum atomic E-state index is -1.30. The highest BCUT2D eigenvalue weighted by Crippen LogP contribution is 2.23. The zero-order valence-corrected chi connectivity index (χ0v) is 11.0. The summed E-state index contributed by atoms with van der Waals surface area (Å²) in [6, 6.07) is 6.89. The topological polar surface area (TPSA) is 90.6 Å². The lowest BCUT2D eigenvalue weighted by atomic mass is 9.96. The van der Waals surface area contributed by atoms with Gasteiger partial charge in [0, 0.05) is 5.56 Å². The third-order valence-corrected chi connectivity index (χ3v) is 2.69. The van der Waals surface area contributed by atoms with E-state index in [0.29, 0.717) is 5.56 Å². The predicted molar refractivity (Wildman–Crippen MR) is 68.1 cm³/mol. The van der Waals surface area contributed by atoms with E-state index in [9.17, 15) is 15.0 Å². The van der Waals surface area contributed by atoms with Crippen molar-refractivity contribution in [3.63, 3.8) is 0 Å². The maximum Gasteiger partial charge on any atom is 0.308 e. The number of hydrogen-bond donors (Lipinski definition) is 2. The van der Waals surface area contributed by atoms with E-state index in [0.717, 1.165) is 5.56 Å². The second-order valence-electron chi connectivity index (χ2n) is 4.22. The molecule has 2 N–H and O–H groups in total. The number of nitrogens with zero attached hydrogens (tertiary/aromatic N) is 1. The number of aryl methyl sites for hydroxylation is 1. The minimum Gasteiger partial charge on any atom is -0.466 e. The Kier molecular flexibility index (Phi) is 5.49. The van der Waals surface area contributed by atoms with Crippen LogP contribution in [-0.2, 0) is 9.53 Å². The van der Waals surface area contributed by atoms with Gasteiger partial charge in [-0.3, -0.25) is 4.79 Å². The third kappa shape index (κ3) is 4.05. The number of aliphatic hydroxyl groups is 2. The molecule has 2 unspecified atom stereocenters. The van der Waals surface area contributed by atoms with Crippen molar-refractivity contribution in [1.29, 1.82) is 5.26 Å². The van der Waals surface area contributed by atoms with Gasteiger partial charge < -0.3 is 14.9 Å². The Labute approximate surface area is 112 Å². The molecule has 1 aromatic rings. The predicted octanol–water partition coefficient (Wildman–Crippen LogP) is 1.21. The van der Waals surface area contributed by atoms with E-state index in [1.807, 2.05) is 13.0 Å². The molecule has 0 spiro atoms. The van der Waals surface area contributed by atoms with Crippen LogP contribution in [-0.4, -0.2) is 28.9 Å². The molecule has 19 heavy (non-hydrogen) atoms. The molecule has 0 aromatic heterocycles. The summed E-state index contributed by atoms with van der Waals surface area (Å²) in [4.78, 5) is 11.3. The summed E-state index contributed by atoms with van der Waals surface area (Å²) >= 11 is 0. The molecule has 0 amide bonds. The number of hydrogen-bond acceptors (Lipinski definition) is 5. The highest BCUT2D eigenvalue weighted by atomic mass is 16.5. The summed E-state index contributed by atoms with van der Waals surface area (Å²) in [5.74, 6) is -0.583. The molecule has 0 bridgehead atoms. The Balaban J connectivity index is 2.87. The van der Waals surface area contributed by atoms with E-state index >= 15 is 0 Å². The zero-order chi connectivity index (χ0) is 14.4. The molecule has 0 saturated heterocycles. The summed E-state index contributed by atoms with van der Waals surface area (Å²) in [6.07, 6.45) is -2.90. The molecule has 0 aliphatic carbocycles. The first-order chi connectivity index (χ1) is 8.99. The maximum absolute atomic E-state index is 11.3. The normalized spacial score (nSPS) is 13.4.